The molecule has 0 bridgehead atoms. The molecular weight excluding hydrogens is 262 g/mol. The maximum Gasteiger partial charge on any atom is 0.126 e. The molecule has 0 radical (unpaired) electrons. The van der Waals surface area contributed by atoms with E-state index < -0.39 is 6.10 Å². The number of aliphatic hydroxyl groups is 2. The highest BCUT2D eigenvalue weighted by Gasteiger charge is 2.19. The van der Waals surface area contributed by atoms with Crippen molar-refractivity contribution in [3.8, 4) is 0 Å². The second-order valence-electron chi connectivity index (χ2n) is 6.15. The summed E-state index contributed by atoms with van der Waals surface area (Å²) in [6, 6.07) is 0. The van der Waals surface area contributed by atoms with E-state index in [1.165, 1.54) is 51.4 Å². The number of unbranched alkanes of at least 4 members (excludes halogenated alkanes) is 7. The van der Waals surface area contributed by atoms with Gasteiger partial charge in [0.15, 0.2) is 0 Å². The second kappa shape index (κ2) is 13.2. The van der Waals surface area contributed by atoms with Crippen LogP contribution in [0.2, 0.25) is 0 Å². The van der Waals surface area contributed by atoms with Gasteiger partial charge in [0.1, 0.15) is 12.6 Å². The Balaban J connectivity index is 0. The number of hydrogen-bond acceptors (Lipinski definition) is 2. The number of nitrogens with zero attached hydrogens (tertiary/aromatic N) is 1. The molecule has 0 heterocycles. The van der Waals surface area contributed by atoms with Gasteiger partial charge in [0, 0.05) is 0 Å². The number of halogens is 1. The largest absolute Gasteiger partial charge is 1.00 e. The van der Waals surface area contributed by atoms with Gasteiger partial charge in [-0.05, 0) is 12.8 Å². The monoisotopic (exact) mass is 295 g/mol. The number of quaternary nitrogens is 1. The maximum absolute atomic E-state index is 9.45. The fraction of sp³-hybridized carbons (Fsp3) is 1.00. The predicted octanol–water partition coefficient (Wildman–Crippen LogP) is -0.439. The first-order valence-corrected chi connectivity index (χ1v) is 7.62. The molecule has 0 amide bonds. The highest BCUT2D eigenvalue weighted by atomic mass is 35.5. The van der Waals surface area contributed by atoms with E-state index in [0.29, 0.717) is 6.54 Å². The summed E-state index contributed by atoms with van der Waals surface area (Å²) in [5.74, 6) is 0. The lowest BCUT2D eigenvalue weighted by Gasteiger charge is -2.31. The minimum absolute atomic E-state index is 0. The van der Waals surface area contributed by atoms with Gasteiger partial charge in [-0.25, -0.2) is 0 Å². The van der Waals surface area contributed by atoms with Gasteiger partial charge in [0.25, 0.3) is 0 Å². The van der Waals surface area contributed by atoms with Crippen LogP contribution in [0.4, 0.5) is 0 Å². The summed E-state index contributed by atoms with van der Waals surface area (Å²) in [6.07, 6.45) is 10.1. The van der Waals surface area contributed by atoms with E-state index in [1.54, 1.807) is 0 Å². The van der Waals surface area contributed by atoms with Gasteiger partial charge in [-0.15, -0.1) is 0 Å². The Morgan fingerprint density at radius 3 is 1.84 bits per heavy atom. The SMILES string of the molecule is CCCCCCCCCC[N+](C)(C)CC(O)CO.[Cl-]. The van der Waals surface area contributed by atoms with Crippen LogP contribution in [0.1, 0.15) is 58.3 Å². The zero-order valence-corrected chi connectivity index (χ0v) is 13.8. The standard InChI is InChI=1S/C15H34NO2.ClH/c1-4-5-6-7-8-9-10-11-12-16(2,3)13-15(18)14-17;/h15,17-18H,4-14H2,1-3H3;1H/q+1;/p-1. The van der Waals surface area contributed by atoms with E-state index in [9.17, 15) is 5.11 Å². The van der Waals surface area contributed by atoms with Crippen LogP contribution in [-0.4, -0.2) is 54.6 Å². The van der Waals surface area contributed by atoms with Crippen molar-refractivity contribution in [2.45, 2.75) is 64.4 Å². The van der Waals surface area contributed by atoms with Crippen LogP contribution >= 0.6 is 0 Å². The molecule has 1 atom stereocenters. The van der Waals surface area contributed by atoms with E-state index in [-0.39, 0.29) is 19.0 Å². The molecule has 0 aliphatic heterocycles. The van der Waals surface area contributed by atoms with Gasteiger partial charge < -0.3 is 27.1 Å². The number of rotatable bonds is 12. The summed E-state index contributed by atoms with van der Waals surface area (Å²) < 4.78 is 0.803. The average molecular weight is 296 g/mol. The number of hydrogen-bond donors (Lipinski definition) is 2. The topological polar surface area (TPSA) is 40.5 Å². The first kappa shape index (κ1) is 21.5. The van der Waals surface area contributed by atoms with Gasteiger partial charge in [0.2, 0.25) is 0 Å². The van der Waals surface area contributed by atoms with Crippen molar-refractivity contribution in [2.24, 2.45) is 0 Å². The van der Waals surface area contributed by atoms with Crippen LogP contribution in [0.15, 0.2) is 0 Å². The lowest BCUT2D eigenvalue weighted by Crippen LogP contribution is -3.00. The first-order chi connectivity index (χ1) is 8.52. The summed E-state index contributed by atoms with van der Waals surface area (Å²) in [7, 11) is 4.25. The minimum Gasteiger partial charge on any atom is -1.00 e. The van der Waals surface area contributed by atoms with Crippen LogP contribution < -0.4 is 12.4 Å². The molecule has 118 valence electrons. The van der Waals surface area contributed by atoms with Crippen LogP contribution in [0, 0.1) is 0 Å². The Bertz CT molecular complexity index is 189. The lowest BCUT2D eigenvalue weighted by molar-refractivity contribution is -0.893. The molecule has 19 heavy (non-hydrogen) atoms. The second-order valence-corrected chi connectivity index (χ2v) is 6.15. The Morgan fingerprint density at radius 1 is 0.895 bits per heavy atom. The van der Waals surface area contributed by atoms with Gasteiger partial charge in [-0.1, -0.05) is 45.4 Å². The van der Waals surface area contributed by atoms with Crippen LogP contribution in [0.5, 0.6) is 0 Å². The molecule has 0 aliphatic carbocycles. The van der Waals surface area contributed by atoms with Gasteiger partial charge in [-0.2, -0.15) is 0 Å². The molecule has 0 fully saturated rings. The van der Waals surface area contributed by atoms with Gasteiger partial charge in [0.05, 0.1) is 27.2 Å². The summed E-state index contributed by atoms with van der Waals surface area (Å²) in [4.78, 5) is 0. The zero-order chi connectivity index (χ0) is 13.9. The predicted molar refractivity (Wildman–Crippen MR) is 77.5 cm³/mol. The molecule has 0 aliphatic rings. The molecule has 3 nitrogen and oxygen atoms in total. The molecule has 0 spiro atoms. The van der Waals surface area contributed by atoms with Crippen molar-refractivity contribution in [3.05, 3.63) is 0 Å². The summed E-state index contributed by atoms with van der Waals surface area (Å²) >= 11 is 0. The molecule has 0 aromatic carbocycles. The molecule has 4 heteroatoms. The van der Waals surface area contributed by atoms with Crippen molar-refractivity contribution in [3.63, 3.8) is 0 Å². The van der Waals surface area contributed by atoms with Crippen molar-refractivity contribution < 1.29 is 27.1 Å². The Kier molecular flexibility index (Phi) is 14.9. The summed E-state index contributed by atoms with van der Waals surface area (Å²) in [5.41, 5.74) is 0. The molecule has 0 rings (SSSR count). The van der Waals surface area contributed by atoms with Crippen molar-refractivity contribution in [1.82, 2.24) is 0 Å². The van der Waals surface area contributed by atoms with Crippen LogP contribution in [0.3, 0.4) is 0 Å². The van der Waals surface area contributed by atoms with E-state index in [2.05, 4.69) is 21.0 Å². The maximum atomic E-state index is 9.45. The molecule has 0 aromatic heterocycles. The first-order valence-electron chi connectivity index (χ1n) is 7.62. The van der Waals surface area contributed by atoms with Gasteiger partial charge in [-0.3, -0.25) is 0 Å². The minimum atomic E-state index is -0.575. The molecule has 2 N–H and O–H groups in total. The smallest absolute Gasteiger partial charge is 0.126 e. The summed E-state index contributed by atoms with van der Waals surface area (Å²) in [6.45, 7) is 3.86. The highest BCUT2D eigenvalue weighted by molar-refractivity contribution is 4.51. The summed E-state index contributed by atoms with van der Waals surface area (Å²) in [5, 5.41) is 18.3. The lowest BCUT2D eigenvalue weighted by atomic mass is 10.1. The molecule has 0 saturated heterocycles. The van der Waals surface area contributed by atoms with E-state index in [0.717, 1.165) is 11.0 Å². The highest BCUT2D eigenvalue weighted by Crippen LogP contribution is 2.10. The third-order valence-corrected chi connectivity index (χ3v) is 3.53. The normalized spacial score (nSPS) is 13.1. The average Bonchev–Trinajstić information content (AvgIpc) is 2.31. The van der Waals surface area contributed by atoms with Crippen LogP contribution in [0.25, 0.3) is 0 Å². The van der Waals surface area contributed by atoms with E-state index in [4.69, 9.17) is 5.11 Å². The van der Waals surface area contributed by atoms with Gasteiger partial charge >= 0.3 is 0 Å². The number of likely N-dealkylation sites (N-methyl/N-ethyl adjacent to an activating group) is 1. The molecule has 0 aromatic rings. The van der Waals surface area contributed by atoms with Crippen molar-refractivity contribution >= 4 is 0 Å². The molecular formula is C15H34ClNO2. The Hall–Kier alpha value is 0.170. The quantitative estimate of drug-likeness (QED) is 0.379. The van der Waals surface area contributed by atoms with Crippen molar-refractivity contribution in [1.29, 1.82) is 0 Å². The van der Waals surface area contributed by atoms with Crippen LogP contribution in [-0.2, 0) is 0 Å². The molecule has 0 saturated carbocycles. The van der Waals surface area contributed by atoms with E-state index >= 15 is 0 Å². The fourth-order valence-electron chi connectivity index (χ4n) is 2.39. The Morgan fingerprint density at radius 2 is 1.37 bits per heavy atom. The zero-order valence-electron chi connectivity index (χ0n) is 13.1. The Labute approximate surface area is 126 Å². The van der Waals surface area contributed by atoms with E-state index in [1.807, 2.05) is 0 Å². The molecule has 1 unspecified atom stereocenters. The van der Waals surface area contributed by atoms with Crippen molar-refractivity contribution in [2.75, 3.05) is 33.8 Å². The third-order valence-electron chi connectivity index (χ3n) is 3.53. The third kappa shape index (κ3) is 14.4. The fourth-order valence-corrected chi connectivity index (χ4v) is 2.39. The number of aliphatic hydroxyl groups excluding tert-OH is 2.